The fraction of sp³-hybridized carbons (Fsp3) is 0.692. The van der Waals surface area contributed by atoms with E-state index in [1.807, 2.05) is 0 Å². The molecule has 4 nitrogen and oxygen atoms in total. The molecule has 3 rings (SSSR count). The molecule has 8 heteroatoms. The maximum atomic E-state index is 13.2. The molecule has 116 valence electrons. The predicted octanol–water partition coefficient (Wildman–Crippen LogP) is 2.90. The molecule has 0 radical (unpaired) electrons. The molecule has 0 saturated heterocycles. The summed E-state index contributed by atoms with van der Waals surface area (Å²) in [6.07, 6.45) is -1.88. The molecule has 21 heavy (non-hydrogen) atoms. The van der Waals surface area contributed by atoms with E-state index < -0.39 is 23.0 Å². The molecule has 2 saturated carbocycles. The number of hydrogen-bond donors (Lipinski definition) is 1. The van der Waals surface area contributed by atoms with Crippen molar-refractivity contribution < 1.29 is 13.2 Å². The van der Waals surface area contributed by atoms with Crippen LogP contribution in [-0.4, -0.2) is 15.7 Å². The van der Waals surface area contributed by atoms with Gasteiger partial charge in [0.2, 0.25) is 0 Å². The van der Waals surface area contributed by atoms with Crippen LogP contribution in [0.4, 0.5) is 13.2 Å². The zero-order chi connectivity index (χ0) is 15.4. The Kier molecular flexibility index (Phi) is 3.24. The van der Waals surface area contributed by atoms with E-state index >= 15 is 0 Å². The normalized spacial score (nSPS) is 21.7. The summed E-state index contributed by atoms with van der Waals surface area (Å²) in [7, 11) is 0. The Bertz CT molecular complexity index is 682. The minimum atomic E-state index is -4.62. The first-order chi connectivity index (χ1) is 9.78. The zero-order valence-electron chi connectivity index (χ0n) is 11.1. The predicted molar refractivity (Wildman–Crippen MR) is 70.8 cm³/mol. The van der Waals surface area contributed by atoms with Crippen molar-refractivity contribution in [1.82, 2.24) is 9.55 Å². The highest BCUT2D eigenvalue weighted by molar-refractivity contribution is 6.30. The van der Waals surface area contributed by atoms with E-state index in [1.165, 1.54) is 0 Å². The summed E-state index contributed by atoms with van der Waals surface area (Å²) in [6, 6.07) is 0. The highest BCUT2D eigenvalue weighted by atomic mass is 35.5. The van der Waals surface area contributed by atoms with E-state index in [1.54, 1.807) is 0 Å². The average Bonchev–Trinajstić information content (AvgIpc) is 2.98. The molecule has 2 fully saturated rings. The summed E-state index contributed by atoms with van der Waals surface area (Å²) >= 11 is 5.92. The SMILES string of the molecule is O=c1[nH]c(Cl)c(C2CCCC2)c(=O)n1C1(C(F)(F)F)CC1. The van der Waals surface area contributed by atoms with E-state index in [4.69, 9.17) is 11.6 Å². The van der Waals surface area contributed by atoms with Gasteiger partial charge in [-0.05, 0) is 31.6 Å². The van der Waals surface area contributed by atoms with E-state index in [2.05, 4.69) is 4.98 Å². The molecule has 1 heterocycles. The Morgan fingerprint density at radius 1 is 1.19 bits per heavy atom. The summed E-state index contributed by atoms with van der Waals surface area (Å²) in [5.74, 6) is -0.169. The number of nitrogens with zero attached hydrogens (tertiary/aromatic N) is 1. The number of aromatic amines is 1. The fourth-order valence-corrected chi connectivity index (χ4v) is 3.55. The summed E-state index contributed by atoms with van der Waals surface area (Å²) in [6.45, 7) is 0. The third-order valence-corrected chi connectivity index (χ3v) is 4.83. The van der Waals surface area contributed by atoms with Gasteiger partial charge >= 0.3 is 11.9 Å². The van der Waals surface area contributed by atoms with Gasteiger partial charge in [-0.15, -0.1) is 0 Å². The molecule has 2 aliphatic rings. The topological polar surface area (TPSA) is 54.9 Å². The number of H-pyrrole nitrogens is 1. The van der Waals surface area contributed by atoms with Crippen molar-refractivity contribution in [3.63, 3.8) is 0 Å². The van der Waals surface area contributed by atoms with Gasteiger partial charge in [0.1, 0.15) is 10.7 Å². The highest BCUT2D eigenvalue weighted by Crippen LogP contribution is 2.54. The molecular formula is C13H14ClF3N2O2. The van der Waals surface area contributed by atoms with Gasteiger partial charge in [-0.3, -0.25) is 9.78 Å². The minimum Gasteiger partial charge on any atom is -0.297 e. The van der Waals surface area contributed by atoms with Crippen molar-refractivity contribution in [2.45, 2.75) is 56.2 Å². The quantitative estimate of drug-likeness (QED) is 0.851. The Balaban J connectivity index is 2.21. The van der Waals surface area contributed by atoms with Crippen LogP contribution in [0.3, 0.4) is 0 Å². The lowest BCUT2D eigenvalue weighted by Gasteiger charge is -2.22. The first kappa shape index (κ1) is 14.7. The second kappa shape index (κ2) is 4.63. The molecule has 0 bridgehead atoms. The molecule has 1 aromatic heterocycles. The Labute approximate surface area is 122 Å². The standard InChI is InChI=1S/C13H14ClF3N2O2/c14-9-8(7-3-1-2-4-7)10(20)19(11(21)18-9)12(5-6-12)13(15,16)17/h7H,1-6H2,(H,18,21). The molecule has 2 aliphatic carbocycles. The van der Waals surface area contributed by atoms with Crippen molar-refractivity contribution in [2.24, 2.45) is 0 Å². The molecule has 0 aromatic carbocycles. The maximum absolute atomic E-state index is 13.2. The van der Waals surface area contributed by atoms with Gasteiger partial charge in [-0.1, -0.05) is 24.4 Å². The summed E-state index contributed by atoms with van der Waals surface area (Å²) < 4.78 is 40.0. The number of hydrogen-bond acceptors (Lipinski definition) is 2. The van der Waals surface area contributed by atoms with Crippen LogP contribution >= 0.6 is 11.6 Å². The summed E-state index contributed by atoms with van der Waals surface area (Å²) in [5.41, 5.74) is -4.19. The van der Waals surface area contributed by atoms with Crippen molar-refractivity contribution in [3.8, 4) is 0 Å². The zero-order valence-corrected chi connectivity index (χ0v) is 11.9. The Morgan fingerprint density at radius 2 is 1.76 bits per heavy atom. The van der Waals surface area contributed by atoms with Crippen molar-refractivity contribution >= 4 is 11.6 Å². The van der Waals surface area contributed by atoms with Gasteiger partial charge in [-0.25, -0.2) is 9.36 Å². The maximum Gasteiger partial charge on any atom is 0.412 e. The van der Waals surface area contributed by atoms with Crippen LogP contribution in [0.15, 0.2) is 9.59 Å². The van der Waals surface area contributed by atoms with Crippen molar-refractivity contribution in [3.05, 3.63) is 31.6 Å². The van der Waals surface area contributed by atoms with Crippen molar-refractivity contribution in [2.75, 3.05) is 0 Å². The third-order valence-electron chi connectivity index (χ3n) is 4.53. The number of alkyl halides is 3. The largest absolute Gasteiger partial charge is 0.412 e. The molecule has 1 N–H and O–H groups in total. The molecular weight excluding hydrogens is 309 g/mol. The van der Waals surface area contributed by atoms with Gasteiger partial charge in [0, 0.05) is 0 Å². The molecule has 0 spiro atoms. The second-order valence-electron chi connectivity index (χ2n) is 5.81. The molecule has 0 aliphatic heterocycles. The van der Waals surface area contributed by atoms with E-state index in [9.17, 15) is 22.8 Å². The van der Waals surface area contributed by atoms with Crippen LogP contribution in [0.1, 0.15) is 50.0 Å². The van der Waals surface area contributed by atoms with Crippen molar-refractivity contribution in [1.29, 1.82) is 0 Å². The number of nitrogens with one attached hydrogen (secondary N) is 1. The van der Waals surface area contributed by atoms with E-state index in [0.717, 1.165) is 12.8 Å². The Hall–Kier alpha value is -1.24. The lowest BCUT2D eigenvalue weighted by atomic mass is 10.0. The van der Waals surface area contributed by atoms with Crippen LogP contribution in [0.2, 0.25) is 5.15 Å². The number of halogens is 4. The fourth-order valence-electron chi connectivity index (χ4n) is 3.23. The average molecular weight is 323 g/mol. The van der Waals surface area contributed by atoms with E-state index in [-0.39, 0.29) is 29.5 Å². The monoisotopic (exact) mass is 322 g/mol. The van der Waals surface area contributed by atoms with Gasteiger partial charge in [0.25, 0.3) is 5.56 Å². The lowest BCUT2D eigenvalue weighted by molar-refractivity contribution is -0.181. The molecule has 1 aromatic rings. The van der Waals surface area contributed by atoms with Gasteiger partial charge in [-0.2, -0.15) is 13.2 Å². The summed E-state index contributed by atoms with van der Waals surface area (Å²) in [4.78, 5) is 26.6. The Morgan fingerprint density at radius 3 is 2.24 bits per heavy atom. The number of aromatic nitrogens is 2. The first-order valence-corrected chi connectivity index (χ1v) is 7.28. The van der Waals surface area contributed by atoms with Crippen LogP contribution < -0.4 is 11.2 Å². The van der Waals surface area contributed by atoms with Gasteiger partial charge < -0.3 is 0 Å². The van der Waals surface area contributed by atoms with Crippen LogP contribution in [0.5, 0.6) is 0 Å². The highest BCUT2D eigenvalue weighted by Gasteiger charge is 2.66. The first-order valence-electron chi connectivity index (χ1n) is 6.90. The lowest BCUT2D eigenvalue weighted by Crippen LogP contribution is -2.50. The molecule has 0 amide bonds. The van der Waals surface area contributed by atoms with Crippen LogP contribution in [0.25, 0.3) is 0 Å². The van der Waals surface area contributed by atoms with E-state index in [0.29, 0.717) is 17.4 Å². The third kappa shape index (κ3) is 2.13. The number of rotatable bonds is 2. The van der Waals surface area contributed by atoms with Crippen LogP contribution in [0, 0.1) is 0 Å². The smallest absolute Gasteiger partial charge is 0.297 e. The minimum absolute atomic E-state index is 0.119. The van der Waals surface area contributed by atoms with Crippen LogP contribution in [-0.2, 0) is 5.54 Å². The van der Waals surface area contributed by atoms with Gasteiger partial charge in [0.15, 0.2) is 0 Å². The molecule has 0 unspecified atom stereocenters. The van der Waals surface area contributed by atoms with Gasteiger partial charge in [0.05, 0.1) is 5.56 Å². The second-order valence-corrected chi connectivity index (χ2v) is 6.19. The molecule has 0 atom stereocenters. The summed E-state index contributed by atoms with van der Waals surface area (Å²) in [5, 5.41) is -0.119.